The van der Waals surface area contributed by atoms with Gasteiger partial charge in [0.2, 0.25) is 0 Å². The molecule has 1 aliphatic rings. The Bertz CT molecular complexity index is 238. The summed E-state index contributed by atoms with van der Waals surface area (Å²) in [5.41, 5.74) is 9.64. The largest absolute Gasteiger partial charge is 0.325 e. The van der Waals surface area contributed by atoms with Gasteiger partial charge in [0.05, 0.1) is 0 Å². The summed E-state index contributed by atoms with van der Waals surface area (Å²) in [5.74, 6) is 0. The van der Waals surface area contributed by atoms with Gasteiger partial charge in [0.25, 0.3) is 0 Å². The quantitative estimate of drug-likeness (QED) is 0.469. The first-order chi connectivity index (χ1) is 8.07. The molecule has 0 radical (unpaired) electrons. The fourth-order valence-corrected chi connectivity index (χ4v) is 3.03. The van der Waals surface area contributed by atoms with Crippen molar-refractivity contribution in [1.82, 2.24) is 0 Å². The van der Waals surface area contributed by atoms with Crippen LogP contribution in [-0.4, -0.2) is 5.54 Å². The molecular weight excluding hydrogens is 206 g/mol. The summed E-state index contributed by atoms with van der Waals surface area (Å²) in [6, 6.07) is 0. The number of unbranched alkanes of at least 4 members (excludes halogenated alkanes) is 6. The molecule has 0 aromatic rings. The molecule has 0 saturated heterocycles. The normalized spacial score (nSPS) is 19.1. The second-order valence-corrected chi connectivity index (χ2v) is 6.15. The smallest absolute Gasteiger partial charge is 0.0229 e. The Balaban J connectivity index is 2.04. The predicted molar refractivity (Wildman–Crippen MR) is 77.1 cm³/mol. The van der Waals surface area contributed by atoms with Gasteiger partial charge in [-0.2, -0.15) is 0 Å². The van der Waals surface area contributed by atoms with Crippen LogP contribution in [0.15, 0.2) is 11.1 Å². The number of hydrogen-bond acceptors (Lipinski definition) is 1. The zero-order valence-corrected chi connectivity index (χ0v) is 12.1. The molecule has 0 spiro atoms. The van der Waals surface area contributed by atoms with Crippen molar-refractivity contribution in [3.05, 3.63) is 11.1 Å². The SMILES string of the molecule is CCCCCCCCCC1(N)CC(C)=C(C)C1. The standard InChI is InChI=1S/C16H31N/c1-4-5-6-7-8-9-10-11-16(17)12-14(2)15(3)13-16/h4-13,17H2,1-3H3. The zero-order valence-electron chi connectivity index (χ0n) is 12.1. The fraction of sp³-hybridized carbons (Fsp3) is 0.875. The lowest BCUT2D eigenvalue weighted by atomic mass is 9.89. The van der Waals surface area contributed by atoms with E-state index in [1.54, 1.807) is 0 Å². The van der Waals surface area contributed by atoms with Crippen molar-refractivity contribution in [1.29, 1.82) is 0 Å². The van der Waals surface area contributed by atoms with E-state index < -0.39 is 0 Å². The molecule has 0 atom stereocenters. The third-order valence-corrected chi connectivity index (χ3v) is 4.24. The van der Waals surface area contributed by atoms with Crippen LogP contribution in [0.3, 0.4) is 0 Å². The van der Waals surface area contributed by atoms with Crippen LogP contribution < -0.4 is 5.73 Å². The highest BCUT2D eigenvalue weighted by Gasteiger charge is 2.30. The summed E-state index contributed by atoms with van der Waals surface area (Å²) in [5, 5.41) is 0. The minimum absolute atomic E-state index is 0.109. The van der Waals surface area contributed by atoms with Crippen molar-refractivity contribution >= 4 is 0 Å². The van der Waals surface area contributed by atoms with Gasteiger partial charge < -0.3 is 5.73 Å². The van der Waals surface area contributed by atoms with Gasteiger partial charge in [-0.15, -0.1) is 0 Å². The number of rotatable bonds is 8. The Morgan fingerprint density at radius 2 is 1.35 bits per heavy atom. The minimum atomic E-state index is 0.109. The maximum absolute atomic E-state index is 6.46. The third kappa shape index (κ3) is 5.25. The summed E-state index contributed by atoms with van der Waals surface area (Å²) in [4.78, 5) is 0. The average molecular weight is 237 g/mol. The van der Waals surface area contributed by atoms with E-state index in [4.69, 9.17) is 5.73 Å². The van der Waals surface area contributed by atoms with Crippen LogP contribution in [-0.2, 0) is 0 Å². The Morgan fingerprint density at radius 3 is 1.88 bits per heavy atom. The lowest BCUT2D eigenvalue weighted by Crippen LogP contribution is -2.37. The van der Waals surface area contributed by atoms with Crippen LogP contribution in [0.4, 0.5) is 0 Å². The third-order valence-electron chi connectivity index (χ3n) is 4.24. The summed E-state index contributed by atoms with van der Waals surface area (Å²) in [6.45, 7) is 6.76. The molecule has 0 bridgehead atoms. The molecule has 0 aromatic carbocycles. The molecule has 2 N–H and O–H groups in total. The highest BCUT2D eigenvalue weighted by Crippen LogP contribution is 2.36. The van der Waals surface area contributed by atoms with Crippen LogP contribution in [0.25, 0.3) is 0 Å². The van der Waals surface area contributed by atoms with Gasteiger partial charge in [0.15, 0.2) is 0 Å². The Kier molecular flexibility index (Phi) is 6.26. The van der Waals surface area contributed by atoms with Gasteiger partial charge >= 0.3 is 0 Å². The average Bonchev–Trinajstić information content (AvgIpc) is 2.52. The Hall–Kier alpha value is -0.300. The monoisotopic (exact) mass is 237 g/mol. The molecule has 0 aromatic heterocycles. The Morgan fingerprint density at radius 1 is 0.882 bits per heavy atom. The van der Waals surface area contributed by atoms with Crippen LogP contribution >= 0.6 is 0 Å². The second-order valence-electron chi connectivity index (χ2n) is 6.15. The minimum Gasteiger partial charge on any atom is -0.325 e. The van der Waals surface area contributed by atoms with E-state index in [1.165, 1.54) is 62.5 Å². The van der Waals surface area contributed by atoms with E-state index in [1.807, 2.05) is 0 Å². The fourth-order valence-electron chi connectivity index (χ4n) is 3.03. The summed E-state index contributed by atoms with van der Waals surface area (Å²) < 4.78 is 0. The van der Waals surface area contributed by atoms with Crippen molar-refractivity contribution < 1.29 is 0 Å². The highest BCUT2D eigenvalue weighted by atomic mass is 14.7. The molecule has 100 valence electrons. The molecule has 0 heterocycles. The topological polar surface area (TPSA) is 26.0 Å². The maximum atomic E-state index is 6.46. The first-order valence-corrected chi connectivity index (χ1v) is 7.51. The predicted octanol–water partition coefficient (Wildman–Crippen LogP) is 4.95. The van der Waals surface area contributed by atoms with Gasteiger partial charge in [-0.05, 0) is 33.1 Å². The van der Waals surface area contributed by atoms with Crippen molar-refractivity contribution in [2.75, 3.05) is 0 Å². The molecule has 0 saturated carbocycles. The van der Waals surface area contributed by atoms with Gasteiger partial charge in [-0.25, -0.2) is 0 Å². The number of hydrogen-bond donors (Lipinski definition) is 1. The molecular formula is C16H31N. The lowest BCUT2D eigenvalue weighted by molar-refractivity contribution is 0.388. The van der Waals surface area contributed by atoms with Crippen molar-refractivity contribution in [2.45, 2.75) is 90.5 Å². The molecule has 1 heteroatoms. The molecule has 1 rings (SSSR count). The lowest BCUT2D eigenvalue weighted by Gasteiger charge is -2.24. The summed E-state index contributed by atoms with van der Waals surface area (Å²) in [7, 11) is 0. The van der Waals surface area contributed by atoms with Crippen molar-refractivity contribution in [3.63, 3.8) is 0 Å². The van der Waals surface area contributed by atoms with Crippen LogP contribution in [0, 0.1) is 0 Å². The van der Waals surface area contributed by atoms with E-state index >= 15 is 0 Å². The molecule has 1 nitrogen and oxygen atoms in total. The molecule has 1 aliphatic carbocycles. The Labute approximate surface area is 108 Å². The molecule has 0 fully saturated rings. The van der Waals surface area contributed by atoms with Gasteiger partial charge in [-0.3, -0.25) is 0 Å². The number of nitrogens with two attached hydrogens (primary N) is 1. The van der Waals surface area contributed by atoms with E-state index in [0.29, 0.717) is 0 Å². The van der Waals surface area contributed by atoms with Crippen molar-refractivity contribution in [3.8, 4) is 0 Å². The summed E-state index contributed by atoms with van der Waals surface area (Å²) in [6.07, 6.45) is 13.2. The van der Waals surface area contributed by atoms with E-state index in [-0.39, 0.29) is 5.54 Å². The second kappa shape index (κ2) is 7.20. The van der Waals surface area contributed by atoms with E-state index in [9.17, 15) is 0 Å². The van der Waals surface area contributed by atoms with Crippen LogP contribution in [0.5, 0.6) is 0 Å². The molecule has 0 unspecified atom stereocenters. The molecule has 17 heavy (non-hydrogen) atoms. The van der Waals surface area contributed by atoms with Gasteiger partial charge in [0.1, 0.15) is 0 Å². The maximum Gasteiger partial charge on any atom is 0.0229 e. The van der Waals surface area contributed by atoms with Gasteiger partial charge in [-0.1, -0.05) is 63.0 Å². The zero-order chi connectivity index (χ0) is 12.7. The van der Waals surface area contributed by atoms with Crippen LogP contribution in [0.2, 0.25) is 0 Å². The highest BCUT2D eigenvalue weighted by molar-refractivity contribution is 5.23. The molecule has 0 amide bonds. The van der Waals surface area contributed by atoms with E-state index in [2.05, 4.69) is 20.8 Å². The van der Waals surface area contributed by atoms with Crippen molar-refractivity contribution in [2.24, 2.45) is 5.73 Å². The first kappa shape index (κ1) is 14.8. The van der Waals surface area contributed by atoms with E-state index in [0.717, 1.165) is 12.8 Å². The molecule has 0 aliphatic heterocycles. The van der Waals surface area contributed by atoms with Crippen LogP contribution in [0.1, 0.15) is 85.0 Å². The summed E-state index contributed by atoms with van der Waals surface area (Å²) >= 11 is 0. The first-order valence-electron chi connectivity index (χ1n) is 7.51. The van der Waals surface area contributed by atoms with Gasteiger partial charge in [0, 0.05) is 5.54 Å².